The Morgan fingerprint density at radius 2 is 1.70 bits per heavy atom. The molecule has 0 heterocycles. The standard InChI is InChI=1S/C18H19NO3S/c20-17(19-12-6-9-14-7-2-1-3-8-14)13-23-16-11-5-4-10-15(16)18(21)22/h1-5,7-8,10-11H,6,9,12-13H2,(H,19,20)(H,21,22). The maximum atomic E-state index is 11.8. The van der Waals surface area contributed by atoms with Gasteiger partial charge < -0.3 is 10.4 Å². The summed E-state index contributed by atoms with van der Waals surface area (Å²) in [6.45, 7) is 0.620. The minimum Gasteiger partial charge on any atom is -0.478 e. The number of carbonyl (C=O) groups is 2. The molecule has 0 bridgehead atoms. The van der Waals surface area contributed by atoms with Gasteiger partial charge >= 0.3 is 5.97 Å². The lowest BCUT2D eigenvalue weighted by Gasteiger charge is -2.07. The van der Waals surface area contributed by atoms with E-state index in [0.717, 1.165) is 12.8 Å². The topological polar surface area (TPSA) is 66.4 Å². The average molecular weight is 329 g/mol. The molecular weight excluding hydrogens is 310 g/mol. The first-order valence-electron chi connectivity index (χ1n) is 7.42. The summed E-state index contributed by atoms with van der Waals surface area (Å²) in [6.07, 6.45) is 1.81. The number of aromatic carboxylic acids is 1. The van der Waals surface area contributed by atoms with E-state index >= 15 is 0 Å². The molecule has 0 spiro atoms. The van der Waals surface area contributed by atoms with Gasteiger partial charge in [-0.15, -0.1) is 11.8 Å². The van der Waals surface area contributed by atoms with Crippen molar-refractivity contribution >= 4 is 23.6 Å². The summed E-state index contributed by atoms with van der Waals surface area (Å²) in [5.41, 5.74) is 1.49. The van der Waals surface area contributed by atoms with Crippen LogP contribution in [0.5, 0.6) is 0 Å². The first-order chi connectivity index (χ1) is 11.2. The third-order valence-corrected chi connectivity index (χ3v) is 4.36. The third-order valence-electron chi connectivity index (χ3n) is 3.28. The predicted octanol–water partition coefficient (Wildman–Crippen LogP) is 3.23. The van der Waals surface area contributed by atoms with E-state index in [1.54, 1.807) is 24.3 Å². The molecule has 2 rings (SSSR count). The van der Waals surface area contributed by atoms with Crippen LogP contribution in [0, 0.1) is 0 Å². The lowest BCUT2D eigenvalue weighted by Crippen LogP contribution is -2.26. The molecule has 0 aromatic heterocycles. The van der Waals surface area contributed by atoms with E-state index in [9.17, 15) is 9.59 Å². The molecule has 0 radical (unpaired) electrons. The van der Waals surface area contributed by atoms with Crippen molar-refractivity contribution in [3.05, 3.63) is 65.7 Å². The molecule has 5 heteroatoms. The number of aryl methyl sites for hydroxylation is 1. The van der Waals surface area contributed by atoms with Crippen LogP contribution < -0.4 is 5.32 Å². The summed E-state index contributed by atoms with van der Waals surface area (Å²) >= 11 is 1.25. The zero-order valence-corrected chi connectivity index (χ0v) is 13.5. The highest BCUT2D eigenvalue weighted by atomic mass is 32.2. The van der Waals surface area contributed by atoms with Gasteiger partial charge in [0.1, 0.15) is 0 Å². The van der Waals surface area contributed by atoms with Gasteiger partial charge in [0.15, 0.2) is 0 Å². The first-order valence-corrected chi connectivity index (χ1v) is 8.41. The van der Waals surface area contributed by atoms with Gasteiger partial charge in [-0.05, 0) is 30.5 Å². The fourth-order valence-corrected chi connectivity index (χ4v) is 3.00. The van der Waals surface area contributed by atoms with Crippen molar-refractivity contribution in [1.82, 2.24) is 5.32 Å². The maximum absolute atomic E-state index is 11.8. The molecule has 0 saturated heterocycles. The van der Waals surface area contributed by atoms with Crippen LogP contribution in [0.1, 0.15) is 22.3 Å². The van der Waals surface area contributed by atoms with Gasteiger partial charge in [0.25, 0.3) is 0 Å². The molecule has 0 aliphatic heterocycles. The second kappa shape index (κ2) is 9.00. The number of benzene rings is 2. The molecule has 0 aliphatic rings. The van der Waals surface area contributed by atoms with Crippen LogP contribution in [0.25, 0.3) is 0 Å². The molecule has 0 aliphatic carbocycles. The van der Waals surface area contributed by atoms with Crippen molar-refractivity contribution in [2.45, 2.75) is 17.7 Å². The molecule has 2 N–H and O–H groups in total. The summed E-state index contributed by atoms with van der Waals surface area (Å²) < 4.78 is 0. The Balaban J connectivity index is 1.70. The van der Waals surface area contributed by atoms with E-state index in [4.69, 9.17) is 5.11 Å². The first kappa shape index (κ1) is 17.1. The summed E-state index contributed by atoms with van der Waals surface area (Å²) in [4.78, 5) is 23.5. The van der Waals surface area contributed by atoms with Crippen LogP contribution in [0.15, 0.2) is 59.5 Å². The quantitative estimate of drug-likeness (QED) is 0.576. The molecule has 4 nitrogen and oxygen atoms in total. The second-order valence-corrected chi connectivity index (χ2v) is 6.05. The monoisotopic (exact) mass is 329 g/mol. The highest BCUT2D eigenvalue weighted by Gasteiger charge is 2.11. The summed E-state index contributed by atoms with van der Waals surface area (Å²) in [5.74, 6) is -0.838. The van der Waals surface area contributed by atoms with Crippen LogP contribution in [-0.2, 0) is 11.2 Å². The fraction of sp³-hybridized carbons (Fsp3) is 0.222. The van der Waals surface area contributed by atoms with Crippen LogP contribution >= 0.6 is 11.8 Å². The Morgan fingerprint density at radius 1 is 1.00 bits per heavy atom. The van der Waals surface area contributed by atoms with E-state index < -0.39 is 5.97 Å². The molecule has 0 fully saturated rings. The number of carboxylic acids is 1. The summed E-state index contributed by atoms with van der Waals surface area (Å²) in [6, 6.07) is 16.8. The Bertz CT molecular complexity index is 658. The van der Waals surface area contributed by atoms with Gasteiger partial charge in [-0.2, -0.15) is 0 Å². The Labute approximate surface area is 139 Å². The molecule has 0 saturated carbocycles. The van der Waals surface area contributed by atoms with Gasteiger partial charge in [0, 0.05) is 11.4 Å². The minimum absolute atomic E-state index is 0.0803. The number of hydrogen-bond donors (Lipinski definition) is 2. The highest BCUT2D eigenvalue weighted by Crippen LogP contribution is 2.22. The summed E-state index contributed by atoms with van der Waals surface area (Å²) in [7, 11) is 0. The molecule has 120 valence electrons. The fourth-order valence-electron chi connectivity index (χ4n) is 2.13. The van der Waals surface area contributed by atoms with Gasteiger partial charge in [-0.25, -0.2) is 4.79 Å². The van der Waals surface area contributed by atoms with E-state index in [-0.39, 0.29) is 17.2 Å². The lowest BCUT2D eigenvalue weighted by atomic mass is 10.1. The third kappa shape index (κ3) is 5.79. The lowest BCUT2D eigenvalue weighted by molar-refractivity contribution is -0.118. The SMILES string of the molecule is O=C(CSc1ccccc1C(=O)O)NCCCc1ccccc1. The zero-order chi connectivity index (χ0) is 16.5. The maximum Gasteiger partial charge on any atom is 0.336 e. The van der Waals surface area contributed by atoms with Crippen LogP contribution in [0.3, 0.4) is 0 Å². The van der Waals surface area contributed by atoms with Gasteiger partial charge in [0.05, 0.1) is 11.3 Å². The van der Waals surface area contributed by atoms with Crippen LogP contribution in [0.4, 0.5) is 0 Å². The smallest absolute Gasteiger partial charge is 0.336 e. The molecule has 0 atom stereocenters. The average Bonchev–Trinajstić information content (AvgIpc) is 2.58. The number of rotatable bonds is 8. The van der Waals surface area contributed by atoms with E-state index in [2.05, 4.69) is 17.4 Å². The van der Waals surface area contributed by atoms with E-state index in [0.29, 0.717) is 11.4 Å². The van der Waals surface area contributed by atoms with Crippen molar-refractivity contribution in [2.75, 3.05) is 12.3 Å². The number of nitrogens with one attached hydrogen (secondary N) is 1. The van der Waals surface area contributed by atoms with E-state index in [1.165, 1.54) is 17.3 Å². The largest absolute Gasteiger partial charge is 0.478 e. The normalized spacial score (nSPS) is 10.3. The Morgan fingerprint density at radius 3 is 2.43 bits per heavy atom. The number of carbonyl (C=O) groups excluding carboxylic acids is 1. The molecule has 1 amide bonds. The number of thioether (sulfide) groups is 1. The van der Waals surface area contributed by atoms with Gasteiger partial charge in [-0.3, -0.25) is 4.79 Å². The minimum atomic E-state index is -0.976. The number of hydrogen-bond acceptors (Lipinski definition) is 3. The van der Waals surface area contributed by atoms with Crippen molar-refractivity contribution < 1.29 is 14.7 Å². The molecule has 2 aromatic rings. The molecular formula is C18H19NO3S. The van der Waals surface area contributed by atoms with Gasteiger partial charge in [-0.1, -0.05) is 42.5 Å². The summed E-state index contributed by atoms with van der Waals surface area (Å²) in [5, 5.41) is 12.0. The molecule has 23 heavy (non-hydrogen) atoms. The predicted molar refractivity (Wildman–Crippen MR) is 91.9 cm³/mol. The van der Waals surface area contributed by atoms with Crippen molar-refractivity contribution in [1.29, 1.82) is 0 Å². The molecule has 0 unspecified atom stereocenters. The van der Waals surface area contributed by atoms with Gasteiger partial charge in [0.2, 0.25) is 5.91 Å². The Hall–Kier alpha value is -2.27. The van der Waals surface area contributed by atoms with E-state index in [1.807, 2.05) is 18.2 Å². The van der Waals surface area contributed by atoms with Crippen molar-refractivity contribution in [3.8, 4) is 0 Å². The Kier molecular flexibility index (Phi) is 6.69. The van der Waals surface area contributed by atoms with Crippen LogP contribution in [-0.4, -0.2) is 29.3 Å². The highest BCUT2D eigenvalue weighted by molar-refractivity contribution is 8.00. The number of carboxylic acid groups (broad SMARTS) is 1. The number of amides is 1. The van der Waals surface area contributed by atoms with Crippen LogP contribution in [0.2, 0.25) is 0 Å². The molecule has 2 aromatic carbocycles. The van der Waals surface area contributed by atoms with Crippen molar-refractivity contribution in [2.24, 2.45) is 0 Å². The second-order valence-electron chi connectivity index (χ2n) is 5.03. The van der Waals surface area contributed by atoms with Crippen molar-refractivity contribution in [3.63, 3.8) is 0 Å². The zero-order valence-electron chi connectivity index (χ0n) is 12.7.